The van der Waals surface area contributed by atoms with Crippen molar-refractivity contribution in [1.29, 1.82) is 0 Å². The van der Waals surface area contributed by atoms with Gasteiger partial charge in [-0.15, -0.1) is 0 Å². The first-order valence-corrected chi connectivity index (χ1v) is 12.7. The second-order valence-corrected chi connectivity index (χ2v) is 10.6. The van der Waals surface area contributed by atoms with Gasteiger partial charge in [0.1, 0.15) is 11.6 Å². The second kappa shape index (κ2) is 9.06. The third-order valence-electron chi connectivity index (χ3n) is 7.51. The molecule has 1 fully saturated rings. The molecule has 2 aliphatic heterocycles. The smallest absolute Gasteiger partial charge is 0.137 e. The molecule has 0 aliphatic carbocycles. The molecular weight excluding hydrogens is 470 g/mol. The van der Waals surface area contributed by atoms with Crippen LogP contribution in [0.15, 0.2) is 54.7 Å². The summed E-state index contributed by atoms with van der Waals surface area (Å²) < 4.78 is 35.4. The van der Waals surface area contributed by atoms with Gasteiger partial charge in [0.25, 0.3) is 0 Å². The summed E-state index contributed by atoms with van der Waals surface area (Å²) in [6, 6.07) is 14.5. The number of morpholine rings is 1. The molecule has 0 atom stereocenters. The van der Waals surface area contributed by atoms with Gasteiger partial charge >= 0.3 is 0 Å². The van der Waals surface area contributed by atoms with Gasteiger partial charge in [-0.25, -0.2) is 8.78 Å². The van der Waals surface area contributed by atoms with Crippen molar-refractivity contribution in [2.24, 2.45) is 0 Å². The first-order valence-electron chi connectivity index (χ1n) is 12.7. The molecule has 7 heteroatoms. The normalized spacial score (nSPS) is 16.9. The van der Waals surface area contributed by atoms with Gasteiger partial charge in [0, 0.05) is 43.6 Å². The molecule has 1 saturated heterocycles. The topological polar surface area (TPSA) is 41.5 Å². The predicted octanol–water partition coefficient (Wildman–Crippen LogP) is 6.07. The predicted molar refractivity (Wildman–Crippen MR) is 143 cm³/mol. The fourth-order valence-corrected chi connectivity index (χ4v) is 5.65. The van der Waals surface area contributed by atoms with E-state index >= 15 is 4.39 Å². The summed E-state index contributed by atoms with van der Waals surface area (Å²) in [5.41, 5.74) is 6.56. The van der Waals surface area contributed by atoms with Crippen molar-refractivity contribution in [3.63, 3.8) is 0 Å². The minimum absolute atomic E-state index is 0.253. The zero-order valence-electron chi connectivity index (χ0n) is 21.4. The van der Waals surface area contributed by atoms with Crippen LogP contribution in [0.1, 0.15) is 36.4 Å². The fourth-order valence-electron chi connectivity index (χ4n) is 5.65. The van der Waals surface area contributed by atoms with Gasteiger partial charge in [-0.1, -0.05) is 44.2 Å². The SMILES string of the molecule is Cc1c(Cc2ccccc2)nc2cc(F)cc(F)c2c1N1CC(C)(C)c2ncc(N3CCOCC3)cc21. The lowest BCUT2D eigenvalue weighted by Crippen LogP contribution is -2.36. The fraction of sp³-hybridized carbons (Fsp3) is 0.333. The monoisotopic (exact) mass is 500 g/mol. The lowest BCUT2D eigenvalue weighted by atomic mass is 9.91. The summed E-state index contributed by atoms with van der Waals surface area (Å²) in [6.07, 6.45) is 2.51. The third-order valence-corrected chi connectivity index (χ3v) is 7.51. The summed E-state index contributed by atoms with van der Waals surface area (Å²) in [5.74, 6) is -1.23. The molecule has 4 heterocycles. The van der Waals surface area contributed by atoms with Crippen molar-refractivity contribution >= 4 is 28.0 Å². The van der Waals surface area contributed by atoms with Gasteiger partial charge in [-0.05, 0) is 24.1 Å². The molecule has 190 valence electrons. The van der Waals surface area contributed by atoms with Crippen LogP contribution in [0.25, 0.3) is 10.9 Å². The summed E-state index contributed by atoms with van der Waals surface area (Å²) in [7, 11) is 0. The van der Waals surface area contributed by atoms with Gasteiger partial charge in [0.2, 0.25) is 0 Å². The number of benzene rings is 2. The zero-order chi connectivity index (χ0) is 25.7. The Balaban J connectivity index is 1.55. The Morgan fingerprint density at radius 1 is 1.03 bits per heavy atom. The molecule has 0 bridgehead atoms. The van der Waals surface area contributed by atoms with Crippen molar-refractivity contribution in [2.75, 3.05) is 42.6 Å². The molecule has 4 aromatic rings. The van der Waals surface area contributed by atoms with Crippen LogP contribution in [-0.4, -0.2) is 42.8 Å². The van der Waals surface area contributed by atoms with Crippen LogP contribution >= 0.6 is 0 Å². The molecular formula is C30H30F2N4O. The average Bonchev–Trinajstić information content (AvgIpc) is 3.15. The van der Waals surface area contributed by atoms with Gasteiger partial charge in [-0.3, -0.25) is 9.97 Å². The Labute approximate surface area is 215 Å². The van der Waals surface area contributed by atoms with Crippen LogP contribution in [0.4, 0.5) is 25.8 Å². The van der Waals surface area contributed by atoms with Gasteiger partial charge in [0.15, 0.2) is 0 Å². The third kappa shape index (κ3) is 4.21. The molecule has 0 unspecified atom stereocenters. The molecule has 5 nitrogen and oxygen atoms in total. The standard InChI is InChI=1S/C30H30F2N4O/c1-19-24(13-20-7-5-4-6-8-20)34-25-15-21(31)14-23(32)27(25)28(19)36-18-30(2,3)29-26(36)16-22(17-33-29)35-9-11-37-12-10-35/h4-8,14-17H,9-13,18H2,1-3H3. The Morgan fingerprint density at radius 3 is 2.54 bits per heavy atom. The second-order valence-electron chi connectivity index (χ2n) is 10.6. The van der Waals surface area contributed by atoms with Crippen LogP contribution in [0.3, 0.4) is 0 Å². The molecule has 0 amide bonds. The lowest BCUT2D eigenvalue weighted by molar-refractivity contribution is 0.122. The minimum Gasteiger partial charge on any atom is -0.378 e. The quantitative estimate of drug-likeness (QED) is 0.340. The highest BCUT2D eigenvalue weighted by Crippen LogP contribution is 2.48. The summed E-state index contributed by atoms with van der Waals surface area (Å²) in [5, 5.41) is 0.344. The molecule has 2 aromatic heterocycles. The molecule has 2 aromatic carbocycles. The number of pyridine rings is 2. The largest absolute Gasteiger partial charge is 0.378 e. The van der Waals surface area contributed by atoms with E-state index in [0.717, 1.165) is 58.7 Å². The Kier molecular flexibility index (Phi) is 5.83. The highest BCUT2D eigenvalue weighted by atomic mass is 19.1. The number of nitrogens with zero attached hydrogens (tertiary/aromatic N) is 4. The number of hydrogen-bond acceptors (Lipinski definition) is 5. The Bertz CT molecular complexity index is 1480. The van der Waals surface area contributed by atoms with Crippen molar-refractivity contribution < 1.29 is 13.5 Å². The van der Waals surface area contributed by atoms with E-state index in [1.54, 1.807) is 0 Å². The van der Waals surface area contributed by atoms with Crippen LogP contribution in [0.5, 0.6) is 0 Å². The van der Waals surface area contributed by atoms with Crippen LogP contribution in [0, 0.1) is 18.6 Å². The first-order chi connectivity index (χ1) is 17.8. The van der Waals surface area contributed by atoms with E-state index in [4.69, 9.17) is 14.7 Å². The summed E-state index contributed by atoms with van der Waals surface area (Å²) in [6.45, 7) is 9.91. The molecule has 6 rings (SSSR count). The molecule has 0 N–H and O–H groups in total. The van der Waals surface area contributed by atoms with E-state index in [-0.39, 0.29) is 5.41 Å². The highest BCUT2D eigenvalue weighted by Gasteiger charge is 2.39. The summed E-state index contributed by atoms with van der Waals surface area (Å²) >= 11 is 0. The summed E-state index contributed by atoms with van der Waals surface area (Å²) in [4.78, 5) is 14.1. The minimum atomic E-state index is -0.628. The molecule has 0 spiro atoms. The molecule has 37 heavy (non-hydrogen) atoms. The number of hydrogen-bond donors (Lipinski definition) is 0. The van der Waals surface area contributed by atoms with Crippen LogP contribution < -0.4 is 9.80 Å². The van der Waals surface area contributed by atoms with Crippen molar-refractivity contribution in [1.82, 2.24) is 9.97 Å². The number of aromatic nitrogens is 2. The van der Waals surface area contributed by atoms with E-state index in [1.165, 1.54) is 6.07 Å². The van der Waals surface area contributed by atoms with Crippen LogP contribution in [0.2, 0.25) is 0 Å². The lowest BCUT2D eigenvalue weighted by Gasteiger charge is -2.30. The molecule has 0 radical (unpaired) electrons. The number of fused-ring (bicyclic) bond motifs is 2. The number of ether oxygens (including phenoxy) is 1. The van der Waals surface area contributed by atoms with E-state index in [9.17, 15) is 4.39 Å². The maximum absolute atomic E-state index is 15.5. The Hall–Kier alpha value is -3.58. The number of anilines is 3. The van der Waals surface area contributed by atoms with Crippen molar-refractivity contribution in [3.05, 3.63) is 88.9 Å². The Morgan fingerprint density at radius 2 is 1.78 bits per heavy atom. The van der Waals surface area contributed by atoms with E-state index in [2.05, 4.69) is 29.7 Å². The zero-order valence-corrected chi connectivity index (χ0v) is 21.4. The number of rotatable bonds is 4. The van der Waals surface area contributed by atoms with Gasteiger partial charge < -0.3 is 14.5 Å². The van der Waals surface area contributed by atoms with E-state index < -0.39 is 11.6 Å². The van der Waals surface area contributed by atoms with Crippen molar-refractivity contribution in [2.45, 2.75) is 32.6 Å². The maximum Gasteiger partial charge on any atom is 0.137 e. The van der Waals surface area contributed by atoms with Crippen molar-refractivity contribution in [3.8, 4) is 0 Å². The molecule has 0 saturated carbocycles. The van der Waals surface area contributed by atoms with Gasteiger partial charge in [0.05, 0.1) is 58.8 Å². The number of halogens is 2. The van der Waals surface area contributed by atoms with Crippen LogP contribution in [-0.2, 0) is 16.6 Å². The van der Waals surface area contributed by atoms with Gasteiger partial charge in [-0.2, -0.15) is 0 Å². The van der Waals surface area contributed by atoms with E-state index in [1.807, 2.05) is 43.5 Å². The first kappa shape index (κ1) is 23.8. The highest BCUT2D eigenvalue weighted by molar-refractivity contribution is 5.98. The van der Waals surface area contributed by atoms with E-state index in [0.29, 0.717) is 37.1 Å². The maximum atomic E-state index is 15.5. The molecule has 2 aliphatic rings. The average molecular weight is 501 g/mol.